The fourth-order valence-electron chi connectivity index (χ4n) is 1.33. The lowest BCUT2D eigenvalue weighted by atomic mass is 10.2. The minimum atomic E-state index is 1.27. The summed E-state index contributed by atoms with van der Waals surface area (Å²) in [6, 6.07) is 19.0. The van der Waals surface area contributed by atoms with Gasteiger partial charge in [-0.05, 0) is 42.0 Å². The van der Waals surface area contributed by atoms with Crippen LogP contribution < -0.4 is 0 Å². The Morgan fingerprint density at radius 1 is 0.706 bits per heavy atom. The Morgan fingerprint density at radius 2 is 1.24 bits per heavy atom. The minimum absolute atomic E-state index is 1.27. The van der Waals surface area contributed by atoms with Gasteiger partial charge in [0.15, 0.2) is 0 Å². The van der Waals surface area contributed by atoms with Crippen molar-refractivity contribution in [2.45, 2.75) is 16.7 Å². The lowest BCUT2D eigenvalue weighted by Gasteiger charge is -1.97. The summed E-state index contributed by atoms with van der Waals surface area (Å²) in [5.74, 6) is 0. The summed E-state index contributed by atoms with van der Waals surface area (Å²) in [4.78, 5) is 2.55. The lowest BCUT2D eigenvalue weighted by molar-refractivity contribution is 1.38. The molecule has 0 bridgehead atoms. The average Bonchev–Trinajstić information content (AvgIpc) is 2.38. The smallest absolute Gasteiger partial charge is 0.0116 e. The van der Waals surface area contributed by atoms with Gasteiger partial charge < -0.3 is 0 Å². The zero-order valence-electron chi connectivity index (χ0n) is 9.67. The van der Waals surface area contributed by atoms with E-state index in [1.54, 1.807) is 23.5 Å². The molecule has 0 aromatic heterocycles. The Hall–Kier alpha value is -1.12. The van der Waals surface area contributed by atoms with Crippen LogP contribution in [0, 0.1) is 6.92 Å². The zero-order valence-corrected chi connectivity index (χ0v) is 11.3. The highest BCUT2D eigenvalue weighted by Crippen LogP contribution is 2.24. The van der Waals surface area contributed by atoms with Crippen molar-refractivity contribution in [2.24, 2.45) is 0 Å². The Balaban J connectivity index is 1.84. The molecule has 0 aliphatic carbocycles. The minimum Gasteiger partial charge on any atom is -0.0975 e. The van der Waals surface area contributed by atoms with Gasteiger partial charge in [-0.15, -0.1) is 0 Å². The van der Waals surface area contributed by atoms with Gasteiger partial charge in [0.2, 0.25) is 0 Å². The standard InChI is InChI=1S/C15H14S2/c1-13-7-9-15(10-8-13)17-12-11-16-14-5-3-2-4-6-14/h2-12H,1H3/b12-11+. The highest BCUT2D eigenvalue weighted by Gasteiger charge is 1.90. The average molecular weight is 258 g/mol. The normalized spacial score (nSPS) is 10.9. The predicted molar refractivity (Wildman–Crippen MR) is 78.5 cm³/mol. The van der Waals surface area contributed by atoms with Crippen molar-refractivity contribution in [2.75, 3.05) is 0 Å². The second kappa shape index (κ2) is 6.58. The molecule has 0 saturated carbocycles. The van der Waals surface area contributed by atoms with Crippen LogP contribution in [0.3, 0.4) is 0 Å². The van der Waals surface area contributed by atoms with Crippen molar-refractivity contribution < 1.29 is 0 Å². The maximum Gasteiger partial charge on any atom is 0.0116 e. The molecule has 0 saturated heterocycles. The van der Waals surface area contributed by atoms with Gasteiger partial charge in [0.05, 0.1) is 0 Å². The molecule has 0 N–H and O–H groups in total. The third-order valence-corrected chi connectivity index (χ3v) is 4.03. The van der Waals surface area contributed by atoms with Crippen LogP contribution in [0.4, 0.5) is 0 Å². The SMILES string of the molecule is Cc1ccc(S/C=C/Sc2ccccc2)cc1. The lowest BCUT2D eigenvalue weighted by Crippen LogP contribution is -1.70. The topological polar surface area (TPSA) is 0 Å². The summed E-state index contributed by atoms with van der Waals surface area (Å²) in [6.07, 6.45) is 0. The highest BCUT2D eigenvalue weighted by molar-refractivity contribution is 8.05. The Kier molecular flexibility index (Phi) is 4.77. The Bertz CT molecular complexity index is 472. The second-order valence-electron chi connectivity index (χ2n) is 3.63. The van der Waals surface area contributed by atoms with Crippen molar-refractivity contribution in [3.05, 3.63) is 71.0 Å². The van der Waals surface area contributed by atoms with Crippen molar-refractivity contribution in [3.63, 3.8) is 0 Å². The third kappa shape index (κ3) is 4.33. The molecule has 2 aromatic rings. The van der Waals surface area contributed by atoms with E-state index in [0.717, 1.165) is 0 Å². The van der Waals surface area contributed by atoms with E-state index < -0.39 is 0 Å². The quantitative estimate of drug-likeness (QED) is 0.678. The van der Waals surface area contributed by atoms with Gasteiger partial charge in [-0.3, -0.25) is 0 Å². The molecule has 0 heterocycles. The fourth-order valence-corrected chi connectivity index (χ4v) is 2.69. The maximum absolute atomic E-state index is 2.15. The van der Waals surface area contributed by atoms with E-state index in [-0.39, 0.29) is 0 Å². The molecular weight excluding hydrogens is 244 g/mol. The van der Waals surface area contributed by atoms with Crippen LogP contribution >= 0.6 is 23.5 Å². The van der Waals surface area contributed by atoms with Gasteiger partial charge in [-0.25, -0.2) is 0 Å². The number of hydrogen-bond acceptors (Lipinski definition) is 2. The molecule has 2 heteroatoms. The van der Waals surface area contributed by atoms with Crippen molar-refractivity contribution in [3.8, 4) is 0 Å². The molecule has 86 valence electrons. The van der Waals surface area contributed by atoms with Crippen LogP contribution in [0.5, 0.6) is 0 Å². The third-order valence-electron chi connectivity index (χ3n) is 2.23. The molecule has 0 atom stereocenters. The highest BCUT2D eigenvalue weighted by atomic mass is 32.2. The molecule has 2 aromatic carbocycles. The van der Waals surface area contributed by atoms with Gasteiger partial charge in [-0.1, -0.05) is 59.4 Å². The van der Waals surface area contributed by atoms with Crippen LogP contribution in [0.25, 0.3) is 0 Å². The van der Waals surface area contributed by atoms with Gasteiger partial charge in [0, 0.05) is 9.79 Å². The number of aryl methyl sites for hydroxylation is 1. The van der Waals surface area contributed by atoms with E-state index in [2.05, 4.69) is 66.3 Å². The first kappa shape index (κ1) is 12.3. The van der Waals surface area contributed by atoms with Crippen LogP contribution in [-0.4, -0.2) is 0 Å². The summed E-state index contributed by atoms with van der Waals surface area (Å²) in [6.45, 7) is 2.11. The molecule has 0 aliphatic heterocycles. The van der Waals surface area contributed by atoms with E-state index in [1.807, 2.05) is 6.07 Å². The molecular formula is C15H14S2. The summed E-state index contributed by atoms with van der Waals surface area (Å²) >= 11 is 3.49. The number of benzene rings is 2. The van der Waals surface area contributed by atoms with E-state index in [4.69, 9.17) is 0 Å². The number of hydrogen-bond donors (Lipinski definition) is 0. The molecule has 0 unspecified atom stereocenters. The Labute approximate surface area is 111 Å². The second-order valence-corrected chi connectivity index (χ2v) is 5.59. The van der Waals surface area contributed by atoms with Crippen molar-refractivity contribution in [1.29, 1.82) is 0 Å². The van der Waals surface area contributed by atoms with Gasteiger partial charge in [0.25, 0.3) is 0 Å². The van der Waals surface area contributed by atoms with Gasteiger partial charge in [0.1, 0.15) is 0 Å². The summed E-state index contributed by atoms with van der Waals surface area (Å²) in [5.41, 5.74) is 1.30. The number of thioether (sulfide) groups is 2. The molecule has 2 rings (SSSR count). The summed E-state index contributed by atoms with van der Waals surface area (Å²) in [7, 11) is 0. The van der Waals surface area contributed by atoms with Crippen LogP contribution in [0.1, 0.15) is 5.56 Å². The van der Waals surface area contributed by atoms with E-state index in [0.29, 0.717) is 0 Å². The molecule has 0 spiro atoms. The van der Waals surface area contributed by atoms with Crippen molar-refractivity contribution in [1.82, 2.24) is 0 Å². The van der Waals surface area contributed by atoms with E-state index in [1.165, 1.54) is 15.4 Å². The maximum atomic E-state index is 2.15. The first-order valence-electron chi connectivity index (χ1n) is 5.45. The summed E-state index contributed by atoms with van der Waals surface area (Å²) < 4.78 is 0. The molecule has 0 nitrogen and oxygen atoms in total. The van der Waals surface area contributed by atoms with Gasteiger partial charge in [-0.2, -0.15) is 0 Å². The molecule has 0 amide bonds. The van der Waals surface area contributed by atoms with Crippen molar-refractivity contribution >= 4 is 23.5 Å². The largest absolute Gasteiger partial charge is 0.0975 e. The molecule has 0 radical (unpaired) electrons. The van der Waals surface area contributed by atoms with E-state index >= 15 is 0 Å². The zero-order chi connectivity index (χ0) is 11.9. The Morgan fingerprint density at radius 3 is 1.82 bits per heavy atom. The van der Waals surface area contributed by atoms with Gasteiger partial charge >= 0.3 is 0 Å². The molecule has 17 heavy (non-hydrogen) atoms. The monoisotopic (exact) mass is 258 g/mol. The summed E-state index contributed by atoms with van der Waals surface area (Å²) in [5, 5.41) is 4.25. The molecule has 0 aliphatic rings. The molecule has 0 fully saturated rings. The van der Waals surface area contributed by atoms with Crippen LogP contribution in [-0.2, 0) is 0 Å². The fraction of sp³-hybridized carbons (Fsp3) is 0.0667. The predicted octanol–water partition coefficient (Wildman–Crippen LogP) is 5.35. The van der Waals surface area contributed by atoms with E-state index in [9.17, 15) is 0 Å². The first-order valence-corrected chi connectivity index (χ1v) is 7.20. The first-order chi connectivity index (χ1) is 8.34. The number of rotatable bonds is 4. The van der Waals surface area contributed by atoms with Crippen LogP contribution in [0.15, 0.2) is 75.2 Å². The van der Waals surface area contributed by atoms with Crippen LogP contribution in [0.2, 0.25) is 0 Å².